The normalized spacial score (nSPS) is 19.6. The van der Waals surface area contributed by atoms with Crippen LogP contribution < -0.4 is 49.1 Å². The van der Waals surface area contributed by atoms with Gasteiger partial charge in [0.05, 0.1) is 24.2 Å². The summed E-state index contributed by atoms with van der Waals surface area (Å²) in [5.74, 6) is -9.20. The molecule has 2 aromatic carbocycles. The van der Waals surface area contributed by atoms with Gasteiger partial charge >= 0.3 is 11.9 Å². The van der Waals surface area contributed by atoms with Gasteiger partial charge < -0.3 is 74.3 Å². The molecule has 26 heteroatoms. The van der Waals surface area contributed by atoms with Gasteiger partial charge in [-0.25, -0.2) is 9.78 Å². The summed E-state index contributed by atoms with van der Waals surface area (Å²) in [5.41, 5.74) is 18.2. The zero-order chi connectivity index (χ0) is 52.6. The molecule has 9 atom stereocenters. The molecule has 5 rings (SSSR count). The maximum Gasteiger partial charge on any atom is 0.326 e. The summed E-state index contributed by atoms with van der Waals surface area (Å²) in [6, 6.07) is 3.84. The van der Waals surface area contributed by atoms with Crippen molar-refractivity contribution in [1.82, 2.24) is 46.8 Å². The first kappa shape index (κ1) is 55.2. The van der Waals surface area contributed by atoms with E-state index in [0.29, 0.717) is 16.8 Å². The number of aromatic amines is 1. The summed E-state index contributed by atoms with van der Waals surface area (Å²) in [5, 5.41) is 44.0. The summed E-state index contributed by atoms with van der Waals surface area (Å²) < 4.78 is 0. The van der Waals surface area contributed by atoms with Crippen LogP contribution in [0, 0.1) is 5.92 Å². The fourth-order valence-electron chi connectivity index (χ4n) is 8.00. The topological polar surface area (TPSA) is 409 Å². The predicted octanol–water partition coefficient (Wildman–Crippen LogP) is -2.68. The van der Waals surface area contributed by atoms with Gasteiger partial charge in [0.15, 0.2) is 5.96 Å². The maximum absolute atomic E-state index is 14.5. The Hall–Kier alpha value is -7.74. The molecule has 2 fully saturated rings. The highest BCUT2D eigenvalue weighted by molar-refractivity contribution is 8.00. The average Bonchev–Trinajstić information content (AvgIpc) is 3.95. The van der Waals surface area contributed by atoms with Gasteiger partial charge in [-0.1, -0.05) is 56.3 Å². The Labute approximate surface area is 417 Å². The highest BCUT2D eigenvalue weighted by Crippen LogP contribution is 2.34. The molecule has 0 radical (unpaired) electrons. The molecular formula is C46H61N13O12S. The second-order valence-electron chi connectivity index (χ2n) is 17.7. The molecule has 25 nitrogen and oxygen atoms in total. The number of hydrogen-bond donors (Lipinski definition) is 13. The first-order valence-corrected chi connectivity index (χ1v) is 24.1. The number of thioether (sulfide) groups is 1. The Balaban J connectivity index is 1.36. The highest BCUT2D eigenvalue weighted by atomic mass is 32.2. The number of phenols is 1. The molecule has 0 aliphatic carbocycles. The molecule has 3 aromatic rings. The van der Waals surface area contributed by atoms with Crippen molar-refractivity contribution in [1.29, 1.82) is 0 Å². The number of imidazole rings is 1. The van der Waals surface area contributed by atoms with Crippen molar-refractivity contribution in [2.45, 2.75) is 113 Å². The lowest BCUT2D eigenvalue weighted by Crippen LogP contribution is -2.61. The largest absolute Gasteiger partial charge is 0.508 e. The van der Waals surface area contributed by atoms with Crippen LogP contribution in [0.15, 0.2) is 72.1 Å². The lowest BCUT2D eigenvalue weighted by Gasteiger charge is -2.36. The van der Waals surface area contributed by atoms with Crippen LogP contribution >= 0.6 is 11.8 Å². The highest BCUT2D eigenvalue weighted by Gasteiger charge is 2.49. The van der Waals surface area contributed by atoms with E-state index >= 15 is 0 Å². The summed E-state index contributed by atoms with van der Waals surface area (Å²) in [6.07, 6.45) is 1.90. The van der Waals surface area contributed by atoms with Gasteiger partial charge in [-0.2, -0.15) is 0 Å². The molecule has 2 aliphatic heterocycles. The number of H-pyrrole nitrogens is 1. The third kappa shape index (κ3) is 15.9. The number of benzene rings is 2. The quantitative estimate of drug-likeness (QED) is 0.0247. The Bertz CT molecular complexity index is 2440. The standard InChI is InChI=1S/C46H61N13O12S/c1-23(2)37(58-39(64)29(9-6-14-51-46(48)49)53-38(63)28(47)18-36(61)62)43(68)54-30(15-25-10-12-27(60)13-11-25)40(65)55-31-19-35-59(44(31)69)34(17-26-20-50-22-52-26)42(67)57-33(21-72-35)41(66)56-32(45(70)71)16-24-7-4-3-5-8-24/h3-5,7-8,10-13,20,22-23,28-35,37,60H,6,9,14-19,21,47H2,1-2H3,(H,50,52)(H,53,63)(H,54,68)(H,55,65)(H,56,66)(H,57,67)(H,58,64)(H,61,62)(H,70,71)(H4,48,49,51)/t28-,29-,30-,31-,32-,33-,34-,35+,37-/m0/s1. The number of aliphatic imine (C=N–C) groups is 1. The number of carboxylic acid groups (broad SMARTS) is 2. The van der Waals surface area contributed by atoms with Crippen molar-refractivity contribution in [2.24, 2.45) is 28.1 Å². The van der Waals surface area contributed by atoms with Gasteiger partial charge in [0.25, 0.3) is 0 Å². The number of nitrogens with zero attached hydrogens (tertiary/aromatic N) is 3. The number of aromatic nitrogens is 2. The van der Waals surface area contributed by atoms with Crippen molar-refractivity contribution >= 4 is 71.0 Å². The zero-order valence-corrected chi connectivity index (χ0v) is 40.3. The van der Waals surface area contributed by atoms with E-state index in [1.54, 1.807) is 44.2 Å². The van der Waals surface area contributed by atoms with Gasteiger partial charge in [-0.15, -0.1) is 11.8 Å². The van der Waals surface area contributed by atoms with Crippen LogP contribution in [0.2, 0.25) is 0 Å². The van der Waals surface area contributed by atoms with Crippen molar-refractivity contribution in [3.63, 3.8) is 0 Å². The molecule has 2 saturated heterocycles. The molecule has 16 N–H and O–H groups in total. The minimum Gasteiger partial charge on any atom is -0.508 e. The summed E-state index contributed by atoms with van der Waals surface area (Å²) >= 11 is 1.14. The first-order valence-electron chi connectivity index (χ1n) is 23.0. The minimum atomic E-state index is -1.51. The maximum atomic E-state index is 14.5. The van der Waals surface area contributed by atoms with Crippen LogP contribution in [0.3, 0.4) is 0 Å². The summed E-state index contributed by atoms with van der Waals surface area (Å²) in [4.78, 5) is 133. The Kier molecular flexibility index (Phi) is 19.9. The first-order chi connectivity index (χ1) is 34.2. The molecule has 2 aliphatic rings. The summed E-state index contributed by atoms with van der Waals surface area (Å²) in [7, 11) is 0. The van der Waals surface area contributed by atoms with E-state index in [-0.39, 0.29) is 62.5 Å². The fourth-order valence-corrected chi connectivity index (χ4v) is 9.38. The molecule has 0 saturated carbocycles. The second kappa shape index (κ2) is 25.9. The number of nitrogens with one attached hydrogen (secondary N) is 7. The van der Waals surface area contributed by atoms with Crippen molar-refractivity contribution in [2.75, 3.05) is 12.3 Å². The SMILES string of the molecule is CC(C)[C@H](NC(=O)[C@H](CCCN=C(N)N)NC(=O)[C@@H](N)CC(=O)O)C(=O)N[C@@H](Cc1ccc(O)cc1)C(=O)N[C@H]1C[C@H]2SC[C@@H](C(=O)N[C@@H](Cc3ccccc3)C(=O)O)NC(=O)[C@H](Cc3cnc[nH]3)N2C1=O. The number of guanidine groups is 1. The van der Waals surface area contributed by atoms with Crippen LogP contribution in [0.1, 0.15) is 56.4 Å². The van der Waals surface area contributed by atoms with Crippen LogP contribution in [0.25, 0.3) is 0 Å². The number of phenolic OH excluding ortho intramolecular Hbond substituents is 1. The molecule has 3 heterocycles. The van der Waals surface area contributed by atoms with Crippen molar-refractivity contribution < 1.29 is 58.5 Å². The van der Waals surface area contributed by atoms with Gasteiger partial charge in [0, 0.05) is 49.9 Å². The number of rotatable bonds is 24. The lowest BCUT2D eigenvalue weighted by molar-refractivity contribution is -0.143. The number of amides is 7. The molecule has 0 unspecified atom stereocenters. The Morgan fingerprint density at radius 2 is 1.53 bits per heavy atom. The third-order valence-corrected chi connectivity index (χ3v) is 13.1. The molecule has 7 amide bonds. The van der Waals surface area contributed by atoms with Crippen LogP contribution in [-0.4, -0.2) is 155 Å². The zero-order valence-electron chi connectivity index (χ0n) is 39.5. The second-order valence-corrected chi connectivity index (χ2v) is 18.9. The summed E-state index contributed by atoms with van der Waals surface area (Å²) in [6.45, 7) is 3.29. The smallest absolute Gasteiger partial charge is 0.326 e. The molecule has 72 heavy (non-hydrogen) atoms. The number of aliphatic carboxylic acids is 2. The predicted molar refractivity (Wildman–Crippen MR) is 260 cm³/mol. The van der Waals surface area contributed by atoms with E-state index in [4.69, 9.17) is 22.3 Å². The van der Waals surface area contributed by atoms with Gasteiger partial charge in [0.2, 0.25) is 41.4 Å². The van der Waals surface area contributed by atoms with E-state index in [0.717, 1.165) is 11.8 Å². The number of fused-ring (bicyclic) bond motifs is 1. The van der Waals surface area contributed by atoms with E-state index in [9.17, 15) is 53.4 Å². The lowest BCUT2D eigenvalue weighted by atomic mass is 9.99. The molecular weight excluding hydrogens is 959 g/mol. The molecule has 0 bridgehead atoms. The number of nitrogens with two attached hydrogens (primary N) is 3. The van der Waals surface area contributed by atoms with Crippen molar-refractivity contribution in [3.05, 3.63) is 83.9 Å². The van der Waals surface area contributed by atoms with Gasteiger partial charge in [-0.05, 0) is 42.0 Å². The number of carbonyl (C=O) groups excluding carboxylic acids is 7. The average molecular weight is 1020 g/mol. The third-order valence-electron chi connectivity index (χ3n) is 11.8. The van der Waals surface area contributed by atoms with E-state index in [1.165, 1.54) is 41.7 Å². The Morgan fingerprint density at radius 3 is 2.15 bits per heavy atom. The van der Waals surface area contributed by atoms with Crippen LogP contribution in [-0.2, 0) is 62.4 Å². The number of carbonyl (C=O) groups is 9. The number of carboxylic acids is 2. The monoisotopic (exact) mass is 1020 g/mol. The number of aromatic hydroxyl groups is 1. The van der Waals surface area contributed by atoms with Gasteiger partial charge in [-0.3, -0.25) is 43.3 Å². The van der Waals surface area contributed by atoms with Crippen LogP contribution in [0.5, 0.6) is 5.75 Å². The molecule has 0 spiro atoms. The fraction of sp³-hybridized carbons (Fsp3) is 0.457. The Morgan fingerprint density at radius 1 is 0.861 bits per heavy atom. The molecule has 1 aromatic heterocycles. The molecule has 388 valence electrons. The van der Waals surface area contributed by atoms with Crippen molar-refractivity contribution in [3.8, 4) is 5.75 Å². The minimum absolute atomic E-state index is 0.0263. The van der Waals surface area contributed by atoms with Crippen LogP contribution in [0.4, 0.5) is 0 Å². The van der Waals surface area contributed by atoms with E-state index in [2.05, 4.69) is 46.9 Å². The van der Waals surface area contributed by atoms with E-state index in [1.807, 2.05) is 0 Å². The number of hydrogen-bond acceptors (Lipinski definition) is 14. The van der Waals surface area contributed by atoms with E-state index < -0.39 is 119 Å². The van der Waals surface area contributed by atoms with Gasteiger partial charge in [0.1, 0.15) is 48.0 Å².